The van der Waals surface area contributed by atoms with E-state index in [-0.39, 0.29) is 0 Å². The molecular formula is C17H21N5S. The van der Waals surface area contributed by atoms with Crippen LogP contribution >= 0.6 is 11.3 Å². The lowest BCUT2D eigenvalue weighted by Gasteiger charge is -2.25. The van der Waals surface area contributed by atoms with E-state index in [1.54, 1.807) is 11.3 Å². The molecule has 3 aromatic rings. The molecule has 120 valence electrons. The number of anilines is 1. The zero-order chi connectivity index (χ0) is 15.8. The molecule has 0 aliphatic carbocycles. The number of thiazole rings is 1. The summed E-state index contributed by atoms with van der Waals surface area (Å²) >= 11 is 1.70. The fourth-order valence-electron chi connectivity index (χ4n) is 3.51. The normalized spacial score (nSPS) is 18.8. The van der Waals surface area contributed by atoms with E-state index in [4.69, 9.17) is 0 Å². The van der Waals surface area contributed by atoms with Gasteiger partial charge in [-0.15, -0.1) is 11.3 Å². The Morgan fingerprint density at radius 2 is 2.35 bits per heavy atom. The SMILES string of the molecule is CNc1cc([C@@H]2CCCN2Cc2c(C)nc3sccn23)ccn1. The maximum absolute atomic E-state index is 4.68. The fourth-order valence-corrected chi connectivity index (χ4v) is 4.29. The van der Waals surface area contributed by atoms with Gasteiger partial charge in [0.05, 0.1) is 11.4 Å². The number of aryl methyl sites for hydroxylation is 1. The van der Waals surface area contributed by atoms with Gasteiger partial charge < -0.3 is 5.32 Å². The molecule has 0 radical (unpaired) electrons. The third-order valence-electron chi connectivity index (χ3n) is 4.70. The second-order valence-corrected chi connectivity index (χ2v) is 6.93. The molecule has 5 nitrogen and oxygen atoms in total. The Labute approximate surface area is 140 Å². The minimum atomic E-state index is 0.466. The van der Waals surface area contributed by atoms with Crippen LogP contribution in [0.1, 0.15) is 35.8 Å². The van der Waals surface area contributed by atoms with Crippen molar-refractivity contribution >= 4 is 22.1 Å². The average molecular weight is 327 g/mol. The molecule has 1 aliphatic heterocycles. The third kappa shape index (κ3) is 2.62. The fraction of sp³-hybridized carbons (Fsp3) is 0.412. The molecule has 1 saturated heterocycles. The Hall–Kier alpha value is -1.92. The van der Waals surface area contributed by atoms with Crippen molar-refractivity contribution in [2.45, 2.75) is 32.4 Å². The smallest absolute Gasteiger partial charge is 0.194 e. The molecule has 0 spiro atoms. The molecule has 4 rings (SSSR count). The van der Waals surface area contributed by atoms with E-state index in [1.165, 1.54) is 24.1 Å². The van der Waals surface area contributed by atoms with Crippen LogP contribution in [0.25, 0.3) is 4.96 Å². The predicted molar refractivity (Wildman–Crippen MR) is 94.0 cm³/mol. The van der Waals surface area contributed by atoms with E-state index in [1.807, 2.05) is 13.2 Å². The first-order chi connectivity index (χ1) is 11.3. The Kier molecular flexibility index (Phi) is 3.79. The molecule has 0 bridgehead atoms. The van der Waals surface area contributed by atoms with E-state index in [0.29, 0.717) is 6.04 Å². The first-order valence-corrected chi connectivity index (χ1v) is 8.93. The molecule has 0 aromatic carbocycles. The van der Waals surface area contributed by atoms with Gasteiger partial charge in [-0.2, -0.15) is 0 Å². The van der Waals surface area contributed by atoms with Crippen molar-refractivity contribution in [1.29, 1.82) is 0 Å². The van der Waals surface area contributed by atoms with Crippen molar-refractivity contribution in [3.05, 3.63) is 46.9 Å². The molecule has 4 heterocycles. The molecule has 6 heteroatoms. The third-order valence-corrected chi connectivity index (χ3v) is 5.46. The Morgan fingerprint density at radius 3 is 3.22 bits per heavy atom. The van der Waals surface area contributed by atoms with Crippen molar-refractivity contribution in [2.24, 2.45) is 0 Å². The average Bonchev–Trinajstić information content (AvgIpc) is 3.26. The summed E-state index contributed by atoms with van der Waals surface area (Å²) in [7, 11) is 1.92. The molecule has 1 N–H and O–H groups in total. The van der Waals surface area contributed by atoms with E-state index in [2.05, 4.69) is 55.2 Å². The number of hydrogen-bond donors (Lipinski definition) is 1. The molecule has 0 unspecified atom stereocenters. The van der Waals surface area contributed by atoms with Crippen molar-refractivity contribution < 1.29 is 0 Å². The number of nitrogens with one attached hydrogen (secondary N) is 1. The summed E-state index contributed by atoms with van der Waals surface area (Å²) in [4.78, 5) is 12.7. The van der Waals surface area contributed by atoms with E-state index in [9.17, 15) is 0 Å². The van der Waals surface area contributed by atoms with Crippen molar-refractivity contribution in [3.63, 3.8) is 0 Å². The molecule has 0 saturated carbocycles. The first kappa shape index (κ1) is 14.7. The lowest BCUT2D eigenvalue weighted by Crippen LogP contribution is -2.24. The summed E-state index contributed by atoms with van der Waals surface area (Å²) in [6.45, 7) is 4.20. The highest BCUT2D eigenvalue weighted by Crippen LogP contribution is 2.34. The van der Waals surface area contributed by atoms with Gasteiger partial charge >= 0.3 is 0 Å². The van der Waals surface area contributed by atoms with Gasteiger partial charge in [0.15, 0.2) is 4.96 Å². The standard InChI is InChI=1S/C17H21N5S/c1-12-15(22-8-9-23-17(22)20-12)11-21-7-3-4-14(21)13-5-6-19-16(10-13)18-2/h5-6,8-10,14H,3-4,7,11H2,1-2H3,(H,18,19)/t14-/m0/s1. The van der Waals surface area contributed by atoms with E-state index >= 15 is 0 Å². The quantitative estimate of drug-likeness (QED) is 0.797. The van der Waals surface area contributed by atoms with Crippen molar-refractivity contribution in [2.75, 3.05) is 18.9 Å². The number of aromatic nitrogens is 3. The maximum atomic E-state index is 4.68. The minimum absolute atomic E-state index is 0.466. The number of hydrogen-bond acceptors (Lipinski definition) is 5. The number of imidazole rings is 1. The molecule has 1 atom stereocenters. The van der Waals surface area contributed by atoms with E-state index < -0.39 is 0 Å². The summed E-state index contributed by atoms with van der Waals surface area (Å²) in [5, 5.41) is 5.24. The largest absolute Gasteiger partial charge is 0.373 e. The number of likely N-dealkylation sites (tertiary alicyclic amines) is 1. The highest BCUT2D eigenvalue weighted by molar-refractivity contribution is 7.15. The van der Waals surface area contributed by atoms with Gasteiger partial charge in [0.1, 0.15) is 5.82 Å². The van der Waals surface area contributed by atoms with Gasteiger partial charge in [0.2, 0.25) is 0 Å². The van der Waals surface area contributed by atoms with Crippen LogP contribution in [0.3, 0.4) is 0 Å². The summed E-state index contributed by atoms with van der Waals surface area (Å²) in [5.74, 6) is 0.940. The van der Waals surface area contributed by atoms with Crippen molar-refractivity contribution in [3.8, 4) is 0 Å². The molecule has 1 fully saturated rings. The summed E-state index contributed by atoms with van der Waals surface area (Å²) in [6, 6.07) is 4.79. The van der Waals surface area contributed by atoms with Gasteiger partial charge in [0.25, 0.3) is 0 Å². The van der Waals surface area contributed by atoms with Crippen LogP contribution in [0, 0.1) is 6.92 Å². The zero-order valence-corrected chi connectivity index (χ0v) is 14.3. The number of nitrogens with zero attached hydrogens (tertiary/aromatic N) is 4. The molecule has 23 heavy (non-hydrogen) atoms. The summed E-state index contributed by atoms with van der Waals surface area (Å²) < 4.78 is 2.24. The Balaban J connectivity index is 1.62. The molecule has 3 aromatic heterocycles. The second kappa shape index (κ2) is 5.94. The van der Waals surface area contributed by atoms with Crippen LogP contribution in [0.15, 0.2) is 29.9 Å². The van der Waals surface area contributed by atoms with Gasteiger partial charge in [0, 0.05) is 37.4 Å². The minimum Gasteiger partial charge on any atom is -0.373 e. The maximum Gasteiger partial charge on any atom is 0.194 e. The van der Waals surface area contributed by atoms with Crippen LogP contribution in [0.5, 0.6) is 0 Å². The lowest BCUT2D eigenvalue weighted by atomic mass is 10.1. The molecular weight excluding hydrogens is 306 g/mol. The Morgan fingerprint density at radius 1 is 1.43 bits per heavy atom. The molecule has 0 amide bonds. The Bertz CT molecular complexity index is 821. The monoisotopic (exact) mass is 327 g/mol. The van der Waals surface area contributed by atoms with Crippen LogP contribution < -0.4 is 5.32 Å². The summed E-state index contributed by atoms with van der Waals surface area (Å²) in [5.41, 5.74) is 3.81. The van der Waals surface area contributed by atoms with Crippen LogP contribution in [-0.2, 0) is 6.54 Å². The van der Waals surface area contributed by atoms with Gasteiger partial charge in [-0.25, -0.2) is 9.97 Å². The zero-order valence-electron chi connectivity index (χ0n) is 13.5. The number of rotatable bonds is 4. The van der Waals surface area contributed by atoms with Gasteiger partial charge in [-0.05, 0) is 44.0 Å². The van der Waals surface area contributed by atoms with Gasteiger partial charge in [-0.1, -0.05) is 0 Å². The number of fused-ring (bicyclic) bond motifs is 1. The van der Waals surface area contributed by atoms with Gasteiger partial charge in [-0.3, -0.25) is 9.30 Å². The topological polar surface area (TPSA) is 45.5 Å². The number of pyridine rings is 1. The lowest BCUT2D eigenvalue weighted by molar-refractivity contribution is 0.244. The summed E-state index contributed by atoms with van der Waals surface area (Å²) in [6.07, 6.45) is 6.48. The highest BCUT2D eigenvalue weighted by Gasteiger charge is 2.27. The second-order valence-electron chi connectivity index (χ2n) is 6.05. The van der Waals surface area contributed by atoms with Crippen LogP contribution in [-0.4, -0.2) is 32.9 Å². The van der Waals surface area contributed by atoms with E-state index in [0.717, 1.165) is 29.6 Å². The molecule has 1 aliphatic rings. The predicted octanol–water partition coefficient (Wildman–Crippen LogP) is 3.48. The van der Waals surface area contributed by atoms with Crippen molar-refractivity contribution in [1.82, 2.24) is 19.3 Å². The van der Waals surface area contributed by atoms with Crippen LogP contribution in [0.2, 0.25) is 0 Å². The first-order valence-electron chi connectivity index (χ1n) is 8.05. The van der Waals surface area contributed by atoms with Crippen LogP contribution in [0.4, 0.5) is 5.82 Å². The highest BCUT2D eigenvalue weighted by atomic mass is 32.1.